The zero-order valence-electron chi connectivity index (χ0n) is 17.8. The lowest BCUT2D eigenvalue weighted by atomic mass is 9.97. The summed E-state index contributed by atoms with van der Waals surface area (Å²) in [4.78, 5) is 32.5. The predicted octanol–water partition coefficient (Wildman–Crippen LogP) is 3.32. The maximum absolute atomic E-state index is 13.3. The molecule has 1 unspecified atom stereocenters. The summed E-state index contributed by atoms with van der Waals surface area (Å²) in [6, 6.07) is 6.11. The van der Waals surface area contributed by atoms with Gasteiger partial charge >= 0.3 is 0 Å². The number of aromatic amines is 1. The number of likely N-dealkylation sites (N-methyl/N-ethyl adjacent to an activating group) is 1. The number of rotatable bonds is 5. The Bertz CT molecular complexity index is 1030. The highest BCUT2D eigenvalue weighted by Gasteiger charge is 2.30. The number of hydrogen-bond acceptors (Lipinski definition) is 4. The van der Waals surface area contributed by atoms with Gasteiger partial charge in [0.2, 0.25) is 0 Å². The van der Waals surface area contributed by atoms with Crippen molar-refractivity contribution in [2.75, 3.05) is 26.7 Å². The summed E-state index contributed by atoms with van der Waals surface area (Å²) in [5.41, 5.74) is 3.61. The van der Waals surface area contributed by atoms with Crippen molar-refractivity contribution in [2.45, 2.75) is 45.7 Å². The Hall–Kier alpha value is -2.31. The number of fused-ring (bicyclic) bond motifs is 1. The number of benzene rings is 1. The Balaban J connectivity index is 1.55. The second-order valence-corrected chi connectivity index (χ2v) is 8.80. The molecule has 7 heteroatoms. The third-order valence-electron chi connectivity index (χ3n) is 6.29. The van der Waals surface area contributed by atoms with Crippen molar-refractivity contribution < 1.29 is 9.53 Å². The van der Waals surface area contributed by atoms with Crippen LogP contribution in [0.4, 0.5) is 0 Å². The lowest BCUT2D eigenvalue weighted by Gasteiger charge is -2.30. The average molecular weight is 430 g/mol. The SMILES string of the molecule is Cc1cc(C)c(CN2CCc3ccc(OCC4CCCN4C)c(Cl)c3C2=O)c(=O)[nH]1. The molecule has 1 fully saturated rings. The molecule has 160 valence electrons. The van der Waals surface area contributed by atoms with Crippen LogP contribution in [0.25, 0.3) is 0 Å². The van der Waals surface area contributed by atoms with E-state index in [1.807, 2.05) is 32.0 Å². The number of aryl methyl sites for hydroxylation is 2. The highest BCUT2D eigenvalue weighted by molar-refractivity contribution is 6.35. The predicted molar refractivity (Wildman–Crippen MR) is 118 cm³/mol. The fourth-order valence-electron chi connectivity index (χ4n) is 4.46. The van der Waals surface area contributed by atoms with Gasteiger partial charge < -0.3 is 19.5 Å². The molecule has 2 aromatic rings. The molecule has 30 heavy (non-hydrogen) atoms. The number of halogens is 1. The van der Waals surface area contributed by atoms with Gasteiger partial charge in [-0.15, -0.1) is 0 Å². The Morgan fingerprint density at radius 1 is 1.23 bits per heavy atom. The van der Waals surface area contributed by atoms with Gasteiger partial charge in [0.25, 0.3) is 11.5 Å². The third kappa shape index (κ3) is 3.98. The number of likely N-dealkylation sites (tertiary alicyclic amines) is 1. The Morgan fingerprint density at radius 2 is 2.03 bits per heavy atom. The molecule has 1 N–H and O–H groups in total. The van der Waals surface area contributed by atoms with Crippen LogP contribution in [0, 0.1) is 13.8 Å². The first kappa shape index (κ1) is 20.9. The molecule has 0 radical (unpaired) electrons. The van der Waals surface area contributed by atoms with Crippen molar-refractivity contribution in [1.82, 2.24) is 14.8 Å². The quantitative estimate of drug-likeness (QED) is 0.791. The van der Waals surface area contributed by atoms with Gasteiger partial charge in [0.1, 0.15) is 12.4 Å². The van der Waals surface area contributed by atoms with E-state index in [2.05, 4.69) is 16.9 Å². The minimum Gasteiger partial charge on any atom is -0.490 e. The van der Waals surface area contributed by atoms with Crippen LogP contribution in [0.15, 0.2) is 23.0 Å². The summed E-state index contributed by atoms with van der Waals surface area (Å²) in [5.74, 6) is 0.402. The molecule has 3 heterocycles. The van der Waals surface area contributed by atoms with E-state index >= 15 is 0 Å². The molecule has 0 bridgehead atoms. The molecule has 1 aromatic heterocycles. The first-order valence-corrected chi connectivity index (χ1v) is 10.9. The second-order valence-electron chi connectivity index (χ2n) is 8.42. The number of aromatic nitrogens is 1. The van der Waals surface area contributed by atoms with E-state index in [1.165, 1.54) is 6.42 Å². The smallest absolute Gasteiger partial charge is 0.256 e. The lowest BCUT2D eigenvalue weighted by molar-refractivity contribution is 0.0725. The third-order valence-corrected chi connectivity index (χ3v) is 6.67. The van der Waals surface area contributed by atoms with Gasteiger partial charge in [0.05, 0.1) is 17.1 Å². The Morgan fingerprint density at radius 3 is 2.73 bits per heavy atom. The van der Waals surface area contributed by atoms with Crippen LogP contribution in [0.1, 0.15) is 45.6 Å². The molecule has 6 nitrogen and oxygen atoms in total. The average Bonchev–Trinajstić information content (AvgIpc) is 3.10. The van der Waals surface area contributed by atoms with Gasteiger partial charge in [-0.3, -0.25) is 9.59 Å². The fraction of sp³-hybridized carbons (Fsp3) is 0.478. The number of hydrogen-bond donors (Lipinski definition) is 1. The standard InChI is InChI=1S/C23H28ClN3O3/c1-14-11-15(2)25-22(28)18(14)12-27-10-8-16-6-7-19(21(24)20(16)23(27)29)30-13-17-5-4-9-26(17)3/h6-7,11,17H,4-5,8-10,12-13H2,1-3H3,(H,25,28). The lowest BCUT2D eigenvalue weighted by Crippen LogP contribution is -2.39. The topological polar surface area (TPSA) is 65.6 Å². The van der Waals surface area contributed by atoms with Crippen LogP contribution >= 0.6 is 11.6 Å². The number of amides is 1. The molecule has 1 atom stereocenters. The second kappa shape index (κ2) is 8.44. The van der Waals surface area contributed by atoms with Crippen LogP contribution in [0.3, 0.4) is 0 Å². The van der Waals surface area contributed by atoms with Crippen molar-refractivity contribution in [1.29, 1.82) is 0 Å². The minimum absolute atomic E-state index is 0.144. The molecule has 2 aliphatic rings. The van der Waals surface area contributed by atoms with Crippen LogP contribution in [-0.2, 0) is 13.0 Å². The van der Waals surface area contributed by atoms with E-state index < -0.39 is 0 Å². The zero-order chi connectivity index (χ0) is 21.4. The molecule has 1 saturated heterocycles. The van der Waals surface area contributed by atoms with Crippen molar-refractivity contribution in [2.24, 2.45) is 0 Å². The molecule has 0 aliphatic carbocycles. The molecule has 0 spiro atoms. The minimum atomic E-state index is -0.149. The normalized spacial score (nSPS) is 19.3. The van der Waals surface area contributed by atoms with Gasteiger partial charge in [-0.1, -0.05) is 17.7 Å². The summed E-state index contributed by atoms with van der Waals surface area (Å²) in [6.45, 7) is 6.22. The number of ether oxygens (including phenoxy) is 1. The molecule has 4 rings (SSSR count). The number of pyridine rings is 1. The molecular weight excluding hydrogens is 402 g/mol. The maximum Gasteiger partial charge on any atom is 0.256 e. The van der Waals surface area contributed by atoms with Crippen LogP contribution in [-0.4, -0.2) is 53.5 Å². The number of H-pyrrole nitrogens is 1. The van der Waals surface area contributed by atoms with Crippen molar-refractivity contribution in [3.63, 3.8) is 0 Å². The van der Waals surface area contributed by atoms with Crippen molar-refractivity contribution >= 4 is 17.5 Å². The van der Waals surface area contributed by atoms with E-state index in [4.69, 9.17) is 16.3 Å². The zero-order valence-corrected chi connectivity index (χ0v) is 18.5. The van der Waals surface area contributed by atoms with Gasteiger partial charge in [-0.25, -0.2) is 0 Å². The fourth-order valence-corrected chi connectivity index (χ4v) is 4.78. The van der Waals surface area contributed by atoms with Gasteiger partial charge in [0.15, 0.2) is 0 Å². The molecule has 2 aliphatic heterocycles. The molecule has 1 amide bonds. The highest BCUT2D eigenvalue weighted by atomic mass is 35.5. The summed E-state index contributed by atoms with van der Waals surface area (Å²) >= 11 is 6.64. The highest BCUT2D eigenvalue weighted by Crippen LogP contribution is 2.35. The number of carbonyl (C=O) groups excluding carboxylic acids is 1. The molecule has 1 aromatic carbocycles. The van der Waals surface area contributed by atoms with Gasteiger partial charge in [0, 0.05) is 23.8 Å². The van der Waals surface area contributed by atoms with Crippen LogP contribution in [0.5, 0.6) is 5.75 Å². The van der Waals surface area contributed by atoms with E-state index in [0.29, 0.717) is 47.5 Å². The van der Waals surface area contributed by atoms with E-state index in [1.54, 1.807) is 4.90 Å². The van der Waals surface area contributed by atoms with E-state index in [0.717, 1.165) is 29.8 Å². The van der Waals surface area contributed by atoms with E-state index in [9.17, 15) is 9.59 Å². The summed E-state index contributed by atoms with van der Waals surface area (Å²) in [5, 5.41) is 0.373. The van der Waals surface area contributed by atoms with Gasteiger partial charge in [-0.2, -0.15) is 0 Å². The number of nitrogens with zero attached hydrogens (tertiary/aromatic N) is 2. The summed E-state index contributed by atoms with van der Waals surface area (Å²) < 4.78 is 6.01. The van der Waals surface area contributed by atoms with Crippen LogP contribution in [0.2, 0.25) is 5.02 Å². The van der Waals surface area contributed by atoms with Crippen molar-refractivity contribution in [3.05, 3.63) is 61.5 Å². The van der Waals surface area contributed by atoms with Gasteiger partial charge in [-0.05, 0) is 70.0 Å². The molecular formula is C23H28ClN3O3. The maximum atomic E-state index is 13.3. The number of carbonyl (C=O) groups is 1. The summed E-state index contributed by atoms with van der Waals surface area (Å²) in [6.07, 6.45) is 2.99. The summed E-state index contributed by atoms with van der Waals surface area (Å²) in [7, 11) is 2.10. The number of nitrogens with one attached hydrogen (secondary N) is 1. The first-order chi connectivity index (χ1) is 14.3. The van der Waals surface area contributed by atoms with E-state index in [-0.39, 0.29) is 18.0 Å². The Kier molecular flexibility index (Phi) is 5.89. The largest absolute Gasteiger partial charge is 0.490 e. The first-order valence-electron chi connectivity index (χ1n) is 10.5. The monoisotopic (exact) mass is 429 g/mol. The Labute approximate surface area is 181 Å². The van der Waals surface area contributed by atoms with Crippen molar-refractivity contribution in [3.8, 4) is 5.75 Å². The van der Waals surface area contributed by atoms with Crippen LogP contribution < -0.4 is 10.3 Å². The molecule has 0 saturated carbocycles.